The Morgan fingerprint density at radius 1 is 1.21 bits per heavy atom. The summed E-state index contributed by atoms with van der Waals surface area (Å²) in [6, 6.07) is 0. The highest BCUT2D eigenvalue weighted by Crippen LogP contribution is 2.47. The molecule has 0 saturated carbocycles. The van der Waals surface area contributed by atoms with E-state index in [4.69, 9.17) is 9.47 Å². The standard InChI is InChI=1S/C17H30O2/c1-5-6-7-8-16-18-11-17(12-19-16)14(3)9-13(2)10-15(17)4/h9,14-16H,5-8,10-12H2,1-4H3. The summed E-state index contributed by atoms with van der Waals surface area (Å²) in [5.74, 6) is 1.22. The molecule has 2 aliphatic rings. The van der Waals surface area contributed by atoms with Crippen molar-refractivity contribution in [2.24, 2.45) is 17.3 Å². The Morgan fingerprint density at radius 3 is 2.47 bits per heavy atom. The Bertz CT molecular complexity index is 313. The summed E-state index contributed by atoms with van der Waals surface area (Å²) >= 11 is 0. The number of hydrogen-bond donors (Lipinski definition) is 0. The van der Waals surface area contributed by atoms with Crippen LogP contribution in [0.25, 0.3) is 0 Å². The summed E-state index contributed by atoms with van der Waals surface area (Å²) in [5, 5.41) is 0. The smallest absolute Gasteiger partial charge is 0.157 e. The second-order valence-corrected chi connectivity index (χ2v) is 6.69. The molecule has 0 aromatic rings. The molecule has 0 bridgehead atoms. The maximum absolute atomic E-state index is 6.04. The fourth-order valence-corrected chi connectivity index (χ4v) is 3.66. The Kier molecular flexibility index (Phi) is 5.08. The van der Waals surface area contributed by atoms with Crippen molar-refractivity contribution in [1.82, 2.24) is 0 Å². The molecule has 0 aromatic heterocycles. The zero-order valence-electron chi connectivity index (χ0n) is 13.1. The minimum atomic E-state index is 0.0450. The van der Waals surface area contributed by atoms with Gasteiger partial charge in [0.25, 0.3) is 0 Å². The lowest BCUT2D eigenvalue weighted by molar-refractivity contribution is -0.252. The second-order valence-electron chi connectivity index (χ2n) is 6.69. The van der Waals surface area contributed by atoms with E-state index >= 15 is 0 Å². The summed E-state index contributed by atoms with van der Waals surface area (Å²) in [4.78, 5) is 0. The van der Waals surface area contributed by atoms with Gasteiger partial charge in [0.1, 0.15) is 0 Å². The van der Waals surface area contributed by atoms with Crippen molar-refractivity contribution in [2.45, 2.75) is 66.1 Å². The molecular weight excluding hydrogens is 236 g/mol. The second kappa shape index (κ2) is 6.41. The Hall–Kier alpha value is -0.340. The molecule has 1 saturated heterocycles. The van der Waals surface area contributed by atoms with Crippen molar-refractivity contribution in [2.75, 3.05) is 13.2 Å². The molecule has 1 aliphatic heterocycles. The third-order valence-electron chi connectivity index (χ3n) is 5.17. The van der Waals surface area contributed by atoms with Gasteiger partial charge in [0, 0.05) is 5.41 Å². The highest BCUT2D eigenvalue weighted by atomic mass is 16.7. The number of rotatable bonds is 4. The Morgan fingerprint density at radius 2 is 1.89 bits per heavy atom. The van der Waals surface area contributed by atoms with Crippen LogP contribution in [0.5, 0.6) is 0 Å². The van der Waals surface area contributed by atoms with Crippen LogP contribution in [0.3, 0.4) is 0 Å². The number of ether oxygens (including phenoxy) is 2. The van der Waals surface area contributed by atoms with Gasteiger partial charge in [0.15, 0.2) is 6.29 Å². The fourth-order valence-electron chi connectivity index (χ4n) is 3.66. The molecule has 0 aromatic carbocycles. The van der Waals surface area contributed by atoms with Crippen LogP contribution in [0.15, 0.2) is 11.6 Å². The van der Waals surface area contributed by atoms with Crippen molar-refractivity contribution < 1.29 is 9.47 Å². The highest BCUT2D eigenvalue weighted by Gasteiger charge is 2.46. The average molecular weight is 266 g/mol. The van der Waals surface area contributed by atoms with Crippen LogP contribution in [0.2, 0.25) is 0 Å². The van der Waals surface area contributed by atoms with Crippen molar-refractivity contribution in [3.05, 3.63) is 11.6 Å². The zero-order valence-corrected chi connectivity index (χ0v) is 13.1. The maximum Gasteiger partial charge on any atom is 0.157 e. The molecule has 1 heterocycles. The first-order chi connectivity index (χ1) is 9.08. The van der Waals surface area contributed by atoms with E-state index in [1.54, 1.807) is 0 Å². The SMILES string of the molecule is CCCCCC1OCC2(CO1)C(C)C=C(C)CC2C. The quantitative estimate of drug-likeness (QED) is 0.549. The summed E-state index contributed by atoms with van der Waals surface area (Å²) in [5.41, 5.74) is 1.73. The first-order valence-electron chi connectivity index (χ1n) is 7.99. The molecule has 0 N–H and O–H groups in total. The largest absolute Gasteiger partial charge is 0.352 e. The van der Waals surface area contributed by atoms with Gasteiger partial charge >= 0.3 is 0 Å². The van der Waals surface area contributed by atoms with Gasteiger partial charge in [-0.05, 0) is 38.0 Å². The van der Waals surface area contributed by atoms with E-state index in [9.17, 15) is 0 Å². The van der Waals surface area contributed by atoms with Gasteiger partial charge in [0.05, 0.1) is 13.2 Å². The third-order valence-corrected chi connectivity index (χ3v) is 5.17. The molecule has 110 valence electrons. The first-order valence-corrected chi connectivity index (χ1v) is 7.99. The van der Waals surface area contributed by atoms with Crippen molar-refractivity contribution in [3.63, 3.8) is 0 Å². The Labute approximate surface area is 118 Å². The first kappa shape index (κ1) is 15.1. The predicted molar refractivity (Wildman–Crippen MR) is 79.0 cm³/mol. The van der Waals surface area contributed by atoms with Crippen molar-refractivity contribution >= 4 is 0 Å². The van der Waals surface area contributed by atoms with Crippen LogP contribution < -0.4 is 0 Å². The molecule has 0 amide bonds. The van der Waals surface area contributed by atoms with Crippen LogP contribution >= 0.6 is 0 Å². The molecule has 1 fully saturated rings. The highest BCUT2D eigenvalue weighted by molar-refractivity contribution is 5.13. The monoisotopic (exact) mass is 266 g/mol. The molecule has 2 rings (SSSR count). The summed E-state index contributed by atoms with van der Waals surface area (Å²) in [6.07, 6.45) is 8.47. The molecule has 2 nitrogen and oxygen atoms in total. The van der Waals surface area contributed by atoms with Crippen LogP contribution in [-0.2, 0) is 9.47 Å². The molecule has 2 heteroatoms. The van der Waals surface area contributed by atoms with E-state index in [2.05, 4.69) is 33.8 Å². The molecule has 1 aliphatic carbocycles. The number of allylic oxidation sites excluding steroid dienone is 2. The summed E-state index contributed by atoms with van der Waals surface area (Å²) in [6.45, 7) is 10.9. The normalized spacial score (nSPS) is 39.4. The van der Waals surface area contributed by atoms with E-state index in [-0.39, 0.29) is 11.7 Å². The van der Waals surface area contributed by atoms with Gasteiger partial charge in [-0.25, -0.2) is 0 Å². The van der Waals surface area contributed by atoms with Gasteiger partial charge in [-0.1, -0.05) is 45.3 Å². The summed E-state index contributed by atoms with van der Waals surface area (Å²) < 4.78 is 12.1. The van der Waals surface area contributed by atoms with E-state index in [1.807, 2.05) is 0 Å². The minimum Gasteiger partial charge on any atom is -0.352 e. The lowest BCUT2D eigenvalue weighted by Crippen LogP contribution is -2.50. The minimum absolute atomic E-state index is 0.0450. The third kappa shape index (κ3) is 3.22. The van der Waals surface area contributed by atoms with Crippen LogP contribution in [0.1, 0.15) is 59.8 Å². The van der Waals surface area contributed by atoms with Crippen LogP contribution in [0.4, 0.5) is 0 Å². The van der Waals surface area contributed by atoms with E-state index in [0.717, 1.165) is 19.6 Å². The molecule has 0 radical (unpaired) electrons. The lowest BCUT2D eigenvalue weighted by Gasteiger charge is -2.49. The maximum atomic E-state index is 6.04. The van der Waals surface area contributed by atoms with E-state index in [0.29, 0.717) is 11.8 Å². The number of unbranched alkanes of at least 4 members (excludes halogenated alkanes) is 2. The predicted octanol–water partition coefficient (Wildman–Crippen LogP) is 4.55. The molecular formula is C17H30O2. The fraction of sp³-hybridized carbons (Fsp3) is 0.882. The van der Waals surface area contributed by atoms with Gasteiger partial charge in [-0.2, -0.15) is 0 Å². The lowest BCUT2D eigenvalue weighted by atomic mass is 9.63. The Balaban J connectivity index is 1.91. The number of hydrogen-bond acceptors (Lipinski definition) is 2. The van der Waals surface area contributed by atoms with E-state index < -0.39 is 0 Å². The van der Waals surface area contributed by atoms with Gasteiger partial charge < -0.3 is 9.47 Å². The topological polar surface area (TPSA) is 18.5 Å². The molecule has 2 atom stereocenters. The average Bonchev–Trinajstić information content (AvgIpc) is 2.38. The van der Waals surface area contributed by atoms with E-state index in [1.165, 1.54) is 31.3 Å². The summed E-state index contributed by atoms with van der Waals surface area (Å²) in [7, 11) is 0. The van der Waals surface area contributed by atoms with Gasteiger partial charge in [0.2, 0.25) is 0 Å². The zero-order chi connectivity index (χ0) is 13.9. The van der Waals surface area contributed by atoms with Crippen LogP contribution in [-0.4, -0.2) is 19.5 Å². The van der Waals surface area contributed by atoms with Crippen LogP contribution in [0, 0.1) is 17.3 Å². The molecule has 1 spiro atoms. The molecule has 2 unspecified atom stereocenters. The van der Waals surface area contributed by atoms with Crippen molar-refractivity contribution in [3.8, 4) is 0 Å². The molecule has 19 heavy (non-hydrogen) atoms. The van der Waals surface area contributed by atoms with Gasteiger partial charge in [-0.3, -0.25) is 0 Å². The van der Waals surface area contributed by atoms with Gasteiger partial charge in [-0.15, -0.1) is 0 Å². The van der Waals surface area contributed by atoms with Crippen molar-refractivity contribution in [1.29, 1.82) is 0 Å².